The monoisotopic (exact) mass is 222 g/mol. The smallest absolute Gasteiger partial charge is 0.184 e. The first kappa shape index (κ1) is 10.7. The molecule has 0 N–H and O–H groups in total. The van der Waals surface area contributed by atoms with Crippen molar-refractivity contribution in [2.75, 3.05) is 6.61 Å². The Morgan fingerprint density at radius 3 is 2.73 bits per heavy atom. The third kappa shape index (κ3) is 2.61. The molecule has 15 heavy (non-hydrogen) atoms. The summed E-state index contributed by atoms with van der Waals surface area (Å²) >= 11 is 0. The van der Waals surface area contributed by atoms with Gasteiger partial charge in [0.05, 0.1) is 12.7 Å². The van der Waals surface area contributed by atoms with Crippen molar-refractivity contribution >= 4 is 8.32 Å². The first-order valence-corrected chi connectivity index (χ1v) is 8.87. The van der Waals surface area contributed by atoms with Crippen LogP contribution in [0.4, 0.5) is 0 Å². The standard InChI is InChI=1S/C12H18O2Si/c1-15(2,3)14-12-8-9-13-11-7-5-4-6-10(11)12/h4-7,12H,8-9H2,1-3H3. The first-order chi connectivity index (χ1) is 7.06. The van der Waals surface area contributed by atoms with Crippen molar-refractivity contribution in [2.45, 2.75) is 32.2 Å². The van der Waals surface area contributed by atoms with Crippen LogP contribution in [0.25, 0.3) is 0 Å². The highest BCUT2D eigenvalue weighted by atomic mass is 28.4. The largest absolute Gasteiger partial charge is 0.493 e. The molecule has 0 bridgehead atoms. The van der Waals surface area contributed by atoms with Crippen LogP contribution < -0.4 is 4.74 Å². The molecule has 0 amide bonds. The van der Waals surface area contributed by atoms with Crippen molar-refractivity contribution in [1.82, 2.24) is 0 Å². The Bertz CT molecular complexity index is 344. The van der Waals surface area contributed by atoms with Gasteiger partial charge in [-0.25, -0.2) is 0 Å². The third-order valence-electron chi connectivity index (χ3n) is 2.40. The summed E-state index contributed by atoms with van der Waals surface area (Å²) in [6, 6.07) is 8.19. The molecule has 2 rings (SSSR count). The van der Waals surface area contributed by atoms with Crippen molar-refractivity contribution in [3.8, 4) is 5.75 Å². The van der Waals surface area contributed by atoms with E-state index in [2.05, 4.69) is 25.7 Å². The van der Waals surface area contributed by atoms with E-state index in [4.69, 9.17) is 9.16 Å². The topological polar surface area (TPSA) is 18.5 Å². The lowest BCUT2D eigenvalue weighted by molar-refractivity contribution is 0.130. The summed E-state index contributed by atoms with van der Waals surface area (Å²) in [6.45, 7) is 7.45. The van der Waals surface area contributed by atoms with Crippen LogP contribution in [-0.4, -0.2) is 14.9 Å². The molecule has 82 valence electrons. The molecule has 1 aliphatic heterocycles. The van der Waals surface area contributed by atoms with E-state index in [9.17, 15) is 0 Å². The highest BCUT2D eigenvalue weighted by Gasteiger charge is 2.26. The van der Waals surface area contributed by atoms with E-state index in [0.717, 1.165) is 18.8 Å². The summed E-state index contributed by atoms with van der Waals surface area (Å²) in [6.07, 6.45) is 1.21. The maximum absolute atomic E-state index is 6.16. The van der Waals surface area contributed by atoms with E-state index in [1.807, 2.05) is 18.2 Å². The molecule has 1 atom stereocenters. The molecule has 2 nitrogen and oxygen atoms in total. The fraction of sp³-hybridized carbons (Fsp3) is 0.500. The van der Waals surface area contributed by atoms with Crippen molar-refractivity contribution in [3.63, 3.8) is 0 Å². The minimum Gasteiger partial charge on any atom is -0.493 e. The maximum Gasteiger partial charge on any atom is 0.184 e. The predicted molar refractivity (Wildman–Crippen MR) is 63.7 cm³/mol. The molecular formula is C12H18O2Si. The van der Waals surface area contributed by atoms with Gasteiger partial charge in [-0.05, 0) is 25.7 Å². The molecule has 0 aromatic heterocycles. The van der Waals surface area contributed by atoms with Crippen molar-refractivity contribution in [2.24, 2.45) is 0 Å². The van der Waals surface area contributed by atoms with Crippen molar-refractivity contribution in [1.29, 1.82) is 0 Å². The zero-order valence-corrected chi connectivity index (χ0v) is 10.6. The van der Waals surface area contributed by atoms with Gasteiger partial charge >= 0.3 is 0 Å². The summed E-state index contributed by atoms with van der Waals surface area (Å²) in [5.41, 5.74) is 1.21. The van der Waals surface area contributed by atoms with Crippen LogP contribution in [0.1, 0.15) is 18.1 Å². The molecule has 0 saturated carbocycles. The van der Waals surface area contributed by atoms with Gasteiger partial charge in [-0.1, -0.05) is 18.2 Å². The van der Waals surface area contributed by atoms with Gasteiger partial charge in [-0.2, -0.15) is 0 Å². The zero-order valence-electron chi connectivity index (χ0n) is 9.62. The lowest BCUT2D eigenvalue weighted by Crippen LogP contribution is -2.30. The first-order valence-electron chi connectivity index (χ1n) is 5.46. The van der Waals surface area contributed by atoms with E-state index in [0.29, 0.717) is 0 Å². The molecule has 3 heteroatoms. The normalized spacial score (nSPS) is 20.6. The predicted octanol–water partition coefficient (Wildman–Crippen LogP) is 3.36. The summed E-state index contributed by atoms with van der Waals surface area (Å²) in [5.74, 6) is 0.993. The van der Waals surface area contributed by atoms with Gasteiger partial charge in [-0.3, -0.25) is 0 Å². The van der Waals surface area contributed by atoms with Crippen LogP contribution in [0.15, 0.2) is 24.3 Å². The Labute approximate surface area is 92.3 Å². The van der Waals surface area contributed by atoms with Gasteiger partial charge in [-0.15, -0.1) is 0 Å². The molecule has 0 fully saturated rings. The van der Waals surface area contributed by atoms with Gasteiger partial charge in [0.15, 0.2) is 8.32 Å². The van der Waals surface area contributed by atoms with E-state index < -0.39 is 8.32 Å². The van der Waals surface area contributed by atoms with E-state index in [1.165, 1.54) is 5.56 Å². The van der Waals surface area contributed by atoms with Gasteiger partial charge < -0.3 is 9.16 Å². The molecule has 1 aromatic carbocycles. The Kier molecular flexibility index (Phi) is 2.84. The number of fused-ring (bicyclic) bond motifs is 1. The fourth-order valence-corrected chi connectivity index (χ4v) is 2.96. The lowest BCUT2D eigenvalue weighted by Gasteiger charge is -2.31. The average Bonchev–Trinajstić information content (AvgIpc) is 2.16. The third-order valence-corrected chi connectivity index (χ3v) is 3.39. The second-order valence-corrected chi connectivity index (χ2v) is 9.35. The molecule has 1 heterocycles. The summed E-state index contributed by atoms with van der Waals surface area (Å²) < 4.78 is 11.8. The minimum atomic E-state index is -1.47. The average molecular weight is 222 g/mol. The molecule has 0 saturated heterocycles. The number of ether oxygens (including phenoxy) is 1. The molecule has 0 spiro atoms. The van der Waals surface area contributed by atoms with Gasteiger partial charge in [0.2, 0.25) is 0 Å². The second-order valence-electron chi connectivity index (χ2n) is 4.89. The van der Waals surface area contributed by atoms with Crippen LogP contribution in [-0.2, 0) is 4.43 Å². The number of rotatable bonds is 2. The lowest BCUT2D eigenvalue weighted by atomic mass is 10.0. The van der Waals surface area contributed by atoms with Gasteiger partial charge in [0.1, 0.15) is 5.75 Å². The SMILES string of the molecule is C[Si](C)(C)OC1CCOc2ccccc21. The number of benzene rings is 1. The second kappa shape index (κ2) is 3.98. The van der Waals surface area contributed by atoms with Gasteiger partial charge in [0.25, 0.3) is 0 Å². The van der Waals surface area contributed by atoms with E-state index >= 15 is 0 Å². The minimum absolute atomic E-state index is 0.238. The Morgan fingerprint density at radius 1 is 1.27 bits per heavy atom. The van der Waals surface area contributed by atoms with Gasteiger partial charge in [0, 0.05) is 12.0 Å². The Morgan fingerprint density at radius 2 is 2.00 bits per heavy atom. The Balaban J connectivity index is 2.22. The number of para-hydroxylation sites is 1. The van der Waals surface area contributed by atoms with E-state index in [-0.39, 0.29) is 6.10 Å². The molecule has 0 radical (unpaired) electrons. The molecular weight excluding hydrogens is 204 g/mol. The summed E-state index contributed by atoms with van der Waals surface area (Å²) in [4.78, 5) is 0. The molecule has 1 unspecified atom stereocenters. The Hall–Kier alpha value is -0.803. The van der Waals surface area contributed by atoms with Crippen molar-refractivity contribution < 1.29 is 9.16 Å². The van der Waals surface area contributed by atoms with Crippen molar-refractivity contribution in [3.05, 3.63) is 29.8 Å². The molecule has 0 aliphatic carbocycles. The molecule has 1 aromatic rings. The van der Waals surface area contributed by atoms with Crippen LogP contribution in [0.3, 0.4) is 0 Å². The fourth-order valence-electron chi connectivity index (χ4n) is 1.86. The van der Waals surface area contributed by atoms with E-state index in [1.54, 1.807) is 0 Å². The highest BCUT2D eigenvalue weighted by molar-refractivity contribution is 6.69. The summed E-state index contributed by atoms with van der Waals surface area (Å²) in [7, 11) is -1.47. The zero-order chi connectivity index (χ0) is 10.9. The number of hydrogen-bond donors (Lipinski definition) is 0. The van der Waals surface area contributed by atoms with Crippen LogP contribution in [0.2, 0.25) is 19.6 Å². The maximum atomic E-state index is 6.16. The van der Waals surface area contributed by atoms with Crippen LogP contribution in [0.5, 0.6) is 5.75 Å². The number of hydrogen-bond acceptors (Lipinski definition) is 2. The molecule has 1 aliphatic rings. The van der Waals surface area contributed by atoms with Crippen LogP contribution in [0, 0.1) is 0 Å². The van der Waals surface area contributed by atoms with Crippen LogP contribution >= 0.6 is 0 Å². The summed E-state index contributed by atoms with van der Waals surface area (Å²) in [5, 5.41) is 0. The quantitative estimate of drug-likeness (QED) is 0.714. The highest BCUT2D eigenvalue weighted by Crippen LogP contribution is 2.35.